The molecule has 1 saturated heterocycles. The van der Waals surface area contributed by atoms with Crippen LogP contribution >= 0.6 is 0 Å². The average Bonchev–Trinajstić information content (AvgIpc) is 2.72. The van der Waals surface area contributed by atoms with Crippen molar-refractivity contribution in [3.63, 3.8) is 0 Å². The van der Waals surface area contributed by atoms with Gasteiger partial charge in [-0.25, -0.2) is 9.78 Å². The van der Waals surface area contributed by atoms with Crippen LogP contribution in [-0.4, -0.2) is 50.4 Å². The number of esters is 1. The molecule has 0 bridgehead atoms. The maximum atomic E-state index is 12.9. The molecule has 0 spiro atoms. The Morgan fingerprint density at radius 2 is 1.68 bits per heavy atom. The molecule has 8 heteroatoms. The first-order valence-corrected chi connectivity index (χ1v) is 11.8. The summed E-state index contributed by atoms with van der Waals surface area (Å²) in [7, 11) is 0. The maximum absolute atomic E-state index is 12.9. The third-order valence-electron chi connectivity index (χ3n) is 5.16. The van der Waals surface area contributed by atoms with Gasteiger partial charge in [0.05, 0.1) is 5.60 Å². The molecule has 0 radical (unpaired) electrons. The van der Waals surface area contributed by atoms with Gasteiger partial charge in [-0.2, -0.15) is 10.0 Å². The van der Waals surface area contributed by atoms with Crippen LogP contribution in [0.5, 0.6) is 11.6 Å². The van der Waals surface area contributed by atoms with Crippen LogP contribution in [0.4, 0.5) is 0 Å². The molecule has 1 aromatic carbocycles. The van der Waals surface area contributed by atoms with E-state index < -0.39 is 11.6 Å². The van der Waals surface area contributed by atoms with Crippen LogP contribution < -0.4 is 4.74 Å². The molecule has 186 valence electrons. The van der Waals surface area contributed by atoms with E-state index in [4.69, 9.17) is 14.3 Å². The van der Waals surface area contributed by atoms with Crippen LogP contribution in [0.1, 0.15) is 76.3 Å². The van der Waals surface area contributed by atoms with E-state index in [2.05, 4.69) is 9.97 Å². The normalized spacial score (nSPS) is 15.8. The number of aromatic nitrogens is 2. The lowest BCUT2D eigenvalue weighted by molar-refractivity contribution is -0.238. The van der Waals surface area contributed by atoms with Crippen molar-refractivity contribution < 1.29 is 24.2 Å². The zero-order valence-electron chi connectivity index (χ0n) is 21.1. The van der Waals surface area contributed by atoms with Crippen molar-refractivity contribution in [3.05, 3.63) is 47.4 Å². The summed E-state index contributed by atoms with van der Waals surface area (Å²) in [6.07, 6.45) is 2.37. The summed E-state index contributed by atoms with van der Waals surface area (Å²) in [5.74, 6) is -0.337. The SMILES string of the molecule is CC(C)(C)OC(=O)c1nc(CC2CCN(OC(C)(C)C)CC2)nc(O)c1OCc1ccccc1. The molecule has 3 rings (SSSR count). The summed E-state index contributed by atoms with van der Waals surface area (Å²) in [6, 6.07) is 9.49. The predicted octanol–water partition coefficient (Wildman–Crippen LogP) is 4.70. The van der Waals surface area contributed by atoms with Crippen molar-refractivity contribution in [1.82, 2.24) is 15.0 Å². The second kappa shape index (κ2) is 10.7. The van der Waals surface area contributed by atoms with Crippen LogP contribution in [0.2, 0.25) is 0 Å². The Morgan fingerprint density at radius 1 is 1.03 bits per heavy atom. The molecule has 1 N–H and O–H groups in total. The molecule has 0 amide bonds. The number of aromatic hydroxyl groups is 1. The number of ether oxygens (including phenoxy) is 2. The highest BCUT2D eigenvalue weighted by molar-refractivity contribution is 5.91. The van der Waals surface area contributed by atoms with Crippen LogP contribution in [0, 0.1) is 5.92 Å². The fraction of sp³-hybridized carbons (Fsp3) is 0.577. The first-order valence-electron chi connectivity index (χ1n) is 11.8. The topological polar surface area (TPSA) is 94.0 Å². The zero-order chi connectivity index (χ0) is 24.9. The van der Waals surface area contributed by atoms with Crippen molar-refractivity contribution in [3.8, 4) is 11.6 Å². The minimum atomic E-state index is -0.714. The Bertz CT molecular complexity index is 959. The zero-order valence-corrected chi connectivity index (χ0v) is 21.1. The number of benzene rings is 1. The molecular weight excluding hydrogens is 434 g/mol. The minimum absolute atomic E-state index is 0.0538. The molecule has 0 saturated carbocycles. The lowest BCUT2D eigenvalue weighted by Crippen LogP contribution is -2.40. The Labute approximate surface area is 202 Å². The first-order chi connectivity index (χ1) is 15.9. The molecule has 1 aliphatic heterocycles. The standard InChI is InChI=1S/C26H37N3O5/c1-25(2,3)33-24(31)21-22(32-17-19-10-8-7-9-11-19)23(30)28-20(27-21)16-18-12-14-29(15-13-18)34-26(4,5)6/h7-11,18H,12-17H2,1-6H3,(H,27,28,30). The minimum Gasteiger partial charge on any atom is -0.491 e. The van der Waals surface area contributed by atoms with Crippen LogP contribution in [0.3, 0.4) is 0 Å². The van der Waals surface area contributed by atoms with Crippen LogP contribution in [-0.2, 0) is 22.6 Å². The molecule has 1 fully saturated rings. The van der Waals surface area contributed by atoms with E-state index >= 15 is 0 Å². The summed E-state index contributed by atoms with van der Waals surface area (Å²) in [4.78, 5) is 27.6. The quantitative estimate of drug-likeness (QED) is 0.581. The highest BCUT2D eigenvalue weighted by Crippen LogP contribution is 2.31. The summed E-state index contributed by atoms with van der Waals surface area (Å²) in [5, 5.41) is 12.7. The van der Waals surface area contributed by atoms with E-state index in [9.17, 15) is 9.90 Å². The van der Waals surface area contributed by atoms with Crippen molar-refractivity contribution in [2.45, 2.75) is 78.6 Å². The van der Waals surface area contributed by atoms with Crippen molar-refractivity contribution in [2.75, 3.05) is 13.1 Å². The van der Waals surface area contributed by atoms with E-state index in [0.29, 0.717) is 18.2 Å². The fourth-order valence-electron chi connectivity index (χ4n) is 3.75. The number of piperidine rings is 1. The van der Waals surface area contributed by atoms with E-state index in [1.165, 1.54) is 0 Å². The molecule has 1 aromatic heterocycles. The second-order valence-corrected chi connectivity index (χ2v) is 10.7. The van der Waals surface area contributed by atoms with Crippen molar-refractivity contribution in [1.29, 1.82) is 0 Å². The maximum Gasteiger partial charge on any atom is 0.361 e. The van der Waals surface area contributed by atoms with Gasteiger partial charge >= 0.3 is 5.97 Å². The van der Waals surface area contributed by atoms with Gasteiger partial charge < -0.3 is 14.6 Å². The van der Waals surface area contributed by atoms with Gasteiger partial charge in [0.1, 0.15) is 18.0 Å². The van der Waals surface area contributed by atoms with E-state index in [0.717, 1.165) is 31.5 Å². The molecule has 2 heterocycles. The van der Waals surface area contributed by atoms with Crippen LogP contribution in [0.25, 0.3) is 0 Å². The average molecular weight is 472 g/mol. The lowest BCUT2D eigenvalue weighted by atomic mass is 9.94. The molecule has 0 atom stereocenters. The van der Waals surface area contributed by atoms with Gasteiger partial charge in [0, 0.05) is 19.5 Å². The molecular formula is C26H37N3O5. The molecule has 34 heavy (non-hydrogen) atoms. The summed E-state index contributed by atoms with van der Waals surface area (Å²) >= 11 is 0. The monoisotopic (exact) mass is 471 g/mol. The van der Waals surface area contributed by atoms with Gasteiger partial charge in [0.15, 0.2) is 5.69 Å². The van der Waals surface area contributed by atoms with Gasteiger partial charge in [-0.3, -0.25) is 4.84 Å². The number of rotatable bonds is 7. The van der Waals surface area contributed by atoms with Gasteiger partial charge in [-0.15, -0.1) is 0 Å². The van der Waals surface area contributed by atoms with E-state index in [1.54, 1.807) is 20.8 Å². The lowest BCUT2D eigenvalue weighted by Gasteiger charge is -2.35. The smallest absolute Gasteiger partial charge is 0.361 e. The van der Waals surface area contributed by atoms with E-state index in [1.807, 2.05) is 56.2 Å². The molecule has 1 aliphatic rings. The highest BCUT2D eigenvalue weighted by Gasteiger charge is 2.29. The Kier molecular flexibility index (Phi) is 8.15. The highest BCUT2D eigenvalue weighted by atomic mass is 16.7. The Balaban J connectivity index is 1.76. The largest absolute Gasteiger partial charge is 0.491 e. The molecule has 0 unspecified atom stereocenters. The molecule has 2 aromatic rings. The van der Waals surface area contributed by atoms with Crippen molar-refractivity contribution in [2.24, 2.45) is 5.92 Å². The predicted molar refractivity (Wildman–Crippen MR) is 128 cm³/mol. The van der Waals surface area contributed by atoms with Gasteiger partial charge in [0.2, 0.25) is 5.75 Å². The first kappa shape index (κ1) is 25.9. The number of hydrogen-bond acceptors (Lipinski definition) is 8. The summed E-state index contributed by atoms with van der Waals surface area (Å²) < 4.78 is 11.3. The Hall–Kier alpha value is -2.71. The van der Waals surface area contributed by atoms with Gasteiger partial charge in [-0.05, 0) is 65.9 Å². The summed E-state index contributed by atoms with van der Waals surface area (Å²) in [6.45, 7) is 13.2. The number of carbonyl (C=O) groups is 1. The third-order valence-corrected chi connectivity index (χ3v) is 5.16. The van der Waals surface area contributed by atoms with Crippen molar-refractivity contribution >= 4 is 5.97 Å². The Morgan fingerprint density at radius 3 is 2.26 bits per heavy atom. The molecule has 0 aliphatic carbocycles. The number of hydroxylamine groups is 2. The third kappa shape index (κ3) is 7.95. The summed E-state index contributed by atoms with van der Waals surface area (Å²) in [5.41, 5.74) is -0.0965. The number of carbonyl (C=O) groups excluding carboxylic acids is 1. The fourth-order valence-corrected chi connectivity index (χ4v) is 3.75. The second-order valence-electron chi connectivity index (χ2n) is 10.7. The van der Waals surface area contributed by atoms with Crippen LogP contribution in [0.15, 0.2) is 30.3 Å². The number of hydrogen-bond donors (Lipinski definition) is 1. The van der Waals surface area contributed by atoms with Gasteiger partial charge in [0.25, 0.3) is 5.88 Å². The van der Waals surface area contributed by atoms with Gasteiger partial charge in [-0.1, -0.05) is 30.3 Å². The number of nitrogens with zero attached hydrogens (tertiary/aromatic N) is 3. The molecule has 8 nitrogen and oxygen atoms in total. The van der Waals surface area contributed by atoms with E-state index in [-0.39, 0.29) is 29.5 Å².